The molecule has 0 amide bonds. The van der Waals surface area contributed by atoms with Crippen molar-refractivity contribution in [2.75, 3.05) is 0 Å². The van der Waals surface area contributed by atoms with Crippen molar-refractivity contribution in [1.29, 1.82) is 0 Å². The topological polar surface area (TPSA) is 47.0 Å². The quantitative estimate of drug-likeness (QED) is 0.766. The maximum Gasteiger partial charge on any atom is 0.190 e. The summed E-state index contributed by atoms with van der Waals surface area (Å²) in [6.07, 6.45) is 3.28. The Hall–Kier alpha value is -2.49. The van der Waals surface area contributed by atoms with Gasteiger partial charge in [-0.05, 0) is 12.1 Å². The molecular formula is C16H10BNO2. The van der Waals surface area contributed by atoms with Crippen LogP contribution in [0.1, 0.15) is 26.4 Å². The molecule has 0 bridgehead atoms. The second-order valence-electron chi connectivity index (χ2n) is 4.67. The molecule has 3 rings (SSSR count). The molecule has 0 saturated carbocycles. The first-order valence-electron chi connectivity index (χ1n) is 6.24. The smallest absolute Gasteiger partial charge is 0.190 e. The van der Waals surface area contributed by atoms with Crippen LogP contribution in [0.4, 0.5) is 0 Å². The van der Waals surface area contributed by atoms with Crippen LogP contribution in [0.2, 0.25) is 0 Å². The van der Waals surface area contributed by atoms with Gasteiger partial charge in [-0.15, -0.1) is 0 Å². The van der Waals surface area contributed by atoms with E-state index in [1.807, 2.05) is 0 Å². The summed E-state index contributed by atoms with van der Waals surface area (Å²) in [5, 5.41) is 0. The summed E-state index contributed by atoms with van der Waals surface area (Å²) >= 11 is 0. The molecule has 0 spiro atoms. The highest BCUT2D eigenvalue weighted by Gasteiger charge is 2.24. The number of Topliss-reactive ketones (excluding diaryl/α,β-unsaturated/α-hetero) is 1. The molecule has 1 aliphatic carbocycles. The second-order valence-corrected chi connectivity index (χ2v) is 4.67. The van der Waals surface area contributed by atoms with E-state index in [0.29, 0.717) is 34.3 Å². The molecule has 20 heavy (non-hydrogen) atoms. The molecule has 0 atom stereocenters. The van der Waals surface area contributed by atoms with E-state index in [9.17, 15) is 9.59 Å². The predicted molar refractivity (Wildman–Crippen MR) is 76.5 cm³/mol. The van der Waals surface area contributed by atoms with Crippen LogP contribution < -0.4 is 5.46 Å². The molecule has 1 aliphatic rings. The van der Waals surface area contributed by atoms with Gasteiger partial charge >= 0.3 is 0 Å². The van der Waals surface area contributed by atoms with Gasteiger partial charge in [-0.3, -0.25) is 14.6 Å². The fraction of sp³-hybridized carbons (Fsp3) is 0.0625. The Kier molecular flexibility index (Phi) is 3.07. The van der Waals surface area contributed by atoms with Gasteiger partial charge in [-0.1, -0.05) is 35.8 Å². The molecule has 2 radical (unpaired) electrons. The Bertz CT molecular complexity index is 732. The van der Waals surface area contributed by atoms with Crippen LogP contribution >= 0.6 is 0 Å². The number of carbonyl (C=O) groups excluding carboxylic acids is 2. The van der Waals surface area contributed by atoms with E-state index in [4.69, 9.17) is 7.85 Å². The molecule has 1 heterocycles. The maximum absolute atomic E-state index is 12.4. The summed E-state index contributed by atoms with van der Waals surface area (Å²) in [5.74, 6) is -0.246. The molecule has 4 heteroatoms. The van der Waals surface area contributed by atoms with Gasteiger partial charge in [-0.25, -0.2) is 0 Å². The van der Waals surface area contributed by atoms with Gasteiger partial charge in [0.05, 0.1) is 0 Å². The van der Waals surface area contributed by atoms with Gasteiger partial charge in [0.15, 0.2) is 11.6 Å². The Balaban J connectivity index is 1.94. The number of carbonyl (C=O) groups is 2. The highest BCUT2D eigenvalue weighted by molar-refractivity contribution is 6.32. The normalized spacial score (nSPS) is 13.9. The minimum atomic E-state index is -0.134. The van der Waals surface area contributed by atoms with Gasteiger partial charge < -0.3 is 0 Å². The number of rotatable bonds is 2. The van der Waals surface area contributed by atoms with Crippen molar-refractivity contribution < 1.29 is 9.59 Å². The Morgan fingerprint density at radius 3 is 2.45 bits per heavy atom. The van der Waals surface area contributed by atoms with Gasteiger partial charge in [0.2, 0.25) is 0 Å². The summed E-state index contributed by atoms with van der Waals surface area (Å²) < 4.78 is 0. The first kappa shape index (κ1) is 12.5. The van der Waals surface area contributed by atoms with Gasteiger partial charge in [0.25, 0.3) is 0 Å². The fourth-order valence-corrected chi connectivity index (χ4v) is 2.24. The minimum absolute atomic E-state index is 0.112. The van der Waals surface area contributed by atoms with Gasteiger partial charge in [0.1, 0.15) is 7.85 Å². The zero-order valence-electron chi connectivity index (χ0n) is 10.7. The van der Waals surface area contributed by atoms with Crippen molar-refractivity contribution in [3.8, 4) is 0 Å². The summed E-state index contributed by atoms with van der Waals surface area (Å²) in [7, 11) is 5.57. The van der Waals surface area contributed by atoms with E-state index in [1.165, 1.54) is 6.08 Å². The molecule has 1 aromatic carbocycles. The van der Waals surface area contributed by atoms with E-state index in [1.54, 1.807) is 42.6 Å². The number of hydrogen-bond acceptors (Lipinski definition) is 3. The minimum Gasteiger partial charge on any atom is -0.289 e. The second kappa shape index (κ2) is 4.89. The highest BCUT2D eigenvalue weighted by atomic mass is 16.1. The average Bonchev–Trinajstić information content (AvgIpc) is 2.47. The number of nitrogens with zero attached hydrogens (tertiary/aromatic N) is 1. The SMILES string of the molecule is [B]c1ccc(CC2=CC(=O)c3ccccc3C2=O)nc1. The van der Waals surface area contributed by atoms with Crippen LogP contribution in [-0.2, 0) is 6.42 Å². The first-order chi connectivity index (χ1) is 9.65. The molecule has 3 nitrogen and oxygen atoms in total. The lowest BCUT2D eigenvalue weighted by atomic mass is 9.87. The molecule has 0 aliphatic heterocycles. The lowest BCUT2D eigenvalue weighted by molar-refractivity contribution is 0.0982. The molecule has 94 valence electrons. The molecule has 0 fully saturated rings. The number of aromatic nitrogens is 1. The Labute approximate surface area is 117 Å². The van der Waals surface area contributed by atoms with E-state index in [0.717, 1.165) is 0 Å². The van der Waals surface area contributed by atoms with E-state index < -0.39 is 0 Å². The number of allylic oxidation sites excluding steroid dienone is 2. The van der Waals surface area contributed by atoms with Crippen LogP contribution in [0.5, 0.6) is 0 Å². The van der Waals surface area contributed by atoms with Crippen molar-refractivity contribution in [2.45, 2.75) is 6.42 Å². The highest BCUT2D eigenvalue weighted by Crippen LogP contribution is 2.22. The molecule has 0 N–H and O–H groups in total. The van der Waals surface area contributed by atoms with Crippen LogP contribution in [0.3, 0.4) is 0 Å². The number of hydrogen-bond donors (Lipinski definition) is 0. The van der Waals surface area contributed by atoms with E-state index in [2.05, 4.69) is 4.98 Å². The number of benzene rings is 1. The summed E-state index contributed by atoms with van der Waals surface area (Å²) in [5.41, 5.74) is 2.67. The van der Waals surface area contributed by atoms with Crippen LogP contribution in [0.15, 0.2) is 54.2 Å². The van der Waals surface area contributed by atoms with E-state index >= 15 is 0 Å². The predicted octanol–water partition coefficient (Wildman–Crippen LogP) is 1.42. The van der Waals surface area contributed by atoms with Crippen molar-refractivity contribution in [3.05, 3.63) is 71.1 Å². The molecule has 0 unspecified atom stereocenters. The fourth-order valence-electron chi connectivity index (χ4n) is 2.24. The van der Waals surface area contributed by atoms with Crippen molar-refractivity contribution >= 4 is 24.9 Å². The number of fused-ring (bicyclic) bond motifs is 1. The van der Waals surface area contributed by atoms with Crippen molar-refractivity contribution in [3.63, 3.8) is 0 Å². The van der Waals surface area contributed by atoms with Crippen LogP contribution in [-0.4, -0.2) is 24.4 Å². The standard InChI is InChI=1S/C16H10BNO2/c17-11-5-6-12(18-9-11)7-10-8-15(19)13-3-1-2-4-14(13)16(10)20/h1-6,8-9H,7H2. The Morgan fingerprint density at radius 2 is 1.75 bits per heavy atom. The van der Waals surface area contributed by atoms with Gasteiger partial charge in [-0.2, -0.15) is 0 Å². The average molecular weight is 259 g/mol. The zero-order valence-corrected chi connectivity index (χ0v) is 10.7. The lowest BCUT2D eigenvalue weighted by Gasteiger charge is -2.14. The molecule has 1 aromatic heterocycles. The van der Waals surface area contributed by atoms with Crippen molar-refractivity contribution in [1.82, 2.24) is 4.98 Å². The molecule has 0 saturated heterocycles. The van der Waals surface area contributed by atoms with Crippen LogP contribution in [0.25, 0.3) is 0 Å². The Morgan fingerprint density at radius 1 is 1.00 bits per heavy atom. The lowest BCUT2D eigenvalue weighted by Crippen LogP contribution is -2.18. The summed E-state index contributed by atoms with van der Waals surface area (Å²) in [4.78, 5) is 28.5. The number of pyridine rings is 1. The third-order valence-electron chi connectivity index (χ3n) is 3.25. The summed E-state index contributed by atoms with van der Waals surface area (Å²) in [6, 6.07) is 10.3. The third-order valence-corrected chi connectivity index (χ3v) is 3.25. The maximum atomic E-state index is 12.4. The summed E-state index contributed by atoms with van der Waals surface area (Å²) in [6.45, 7) is 0. The largest absolute Gasteiger partial charge is 0.289 e. The monoisotopic (exact) mass is 259 g/mol. The number of ketones is 2. The van der Waals surface area contributed by atoms with E-state index in [-0.39, 0.29) is 11.6 Å². The molecule has 2 aromatic rings. The first-order valence-corrected chi connectivity index (χ1v) is 6.24. The zero-order chi connectivity index (χ0) is 14.1. The van der Waals surface area contributed by atoms with Crippen molar-refractivity contribution in [2.24, 2.45) is 0 Å². The van der Waals surface area contributed by atoms with Crippen LogP contribution in [0, 0.1) is 0 Å². The third kappa shape index (κ3) is 2.20. The van der Waals surface area contributed by atoms with Gasteiger partial charge in [0, 0.05) is 35.0 Å². The molecular weight excluding hydrogens is 249 g/mol.